The van der Waals surface area contributed by atoms with Crippen LogP contribution in [0.3, 0.4) is 0 Å². The SMILES string of the molecule is CC(C)[C@H]1O[C@H](c2ccncc2NC(=O)c2ccc(F)c(-c3c(F)ccc(C(=O)N(C)C)c3F)n2)C[C@@H](N)[C@@H]1O. The van der Waals surface area contributed by atoms with E-state index in [1.165, 1.54) is 26.5 Å². The van der Waals surface area contributed by atoms with Crippen LogP contribution in [0, 0.1) is 23.4 Å². The first kappa shape index (κ1) is 29.1. The molecule has 1 fully saturated rings. The third-order valence-electron chi connectivity index (χ3n) is 6.73. The Morgan fingerprint density at radius 3 is 2.50 bits per heavy atom. The lowest BCUT2D eigenvalue weighted by Gasteiger charge is -2.40. The summed E-state index contributed by atoms with van der Waals surface area (Å²) in [7, 11) is 2.77. The van der Waals surface area contributed by atoms with Crippen LogP contribution in [-0.2, 0) is 4.74 Å². The van der Waals surface area contributed by atoms with Gasteiger partial charge < -0.3 is 25.8 Å². The first-order valence-electron chi connectivity index (χ1n) is 12.6. The van der Waals surface area contributed by atoms with E-state index in [1.807, 2.05) is 13.8 Å². The average molecular weight is 558 g/mol. The minimum absolute atomic E-state index is 0.0297. The van der Waals surface area contributed by atoms with Crippen molar-refractivity contribution in [3.05, 3.63) is 77.0 Å². The van der Waals surface area contributed by atoms with E-state index in [2.05, 4.69) is 15.3 Å². The number of aliphatic hydroxyl groups is 1. The number of ether oxygens (including phenoxy) is 1. The number of rotatable bonds is 6. The van der Waals surface area contributed by atoms with Crippen molar-refractivity contribution in [3.8, 4) is 11.3 Å². The van der Waals surface area contributed by atoms with Crippen molar-refractivity contribution in [2.45, 2.75) is 44.6 Å². The number of hydrogen-bond donors (Lipinski definition) is 3. The molecule has 12 heteroatoms. The van der Waals surface area contributed by atoms with Gasteiger partial charge in [0, 0.05) is 31.9 Å². The molecule has 4 N–H and O–H groups in total. The summed E-state index contributed by atoms with van der Waals surface area (Å²) in [5, 5.41) is 13.1. The molecule has 0 saturated carbocycles. The van der Waals surface area contributed by atoms with Gasteiger partial charge in [0.25, 0.3) is 11.8 Å². The number of carbonyl (C=O) groups excluding carboxylic acids is 2. The number of nitrogens with two attached hydrogens (primary N) is 1. The van der Waals surface area contributed by atoms with Gasteiger partial charge in [-0.15, -0.1) is 0 Å². The highest BCUT2D eigenvalue weighted by atomic mass is 19.1. The number of aliphatic hydroxyl groups excluding tert-OH is 1. The molecule has 0 spiro atoms. The summed E-state index contributed by atoms with van der Waals surface area (Å²) in [6.45, 7) is 3.79. The van der Waals surface area contributed by atoms with Crippen LogP contribution in [-0.4, -0.2) is 64.1 Å². The summed E-state index contributed by atoms with van der Waals surface area (Å²) in [4.78, 5) is 34.6. The van der Waals surface area contributed by atoms with E-state index >= 15 is 4.39 Å². The lowest BCUT2D eigenvalue weighted by Crippen LogP contribution is -2.51. The smallest absolute Gasteiger partial charge is 0.274 e. The van der Waals surface area contributed by atoms with Gasteiger partial charge in [0.2, 0.25) is 0 Å². The standard InChI is InChI=1S/C28H30F3N5O4/c1-13(2)26-25(37)18(32)11-21(40-26)14-9-10-33-12-20(14)35-27(38)19-8-7-17(30)24(34-19)22-16(29)6-5-15(23(22)31)28(39)36(3)4/h5-10,12-13,18,21,25-26,37H,11,32H2,1-4H3,(H,35,38)/t18-,21+,25+,26-/m1/s1. The van der Waals surface area contributed by atoms with Gasteiger partial charge in [0.15, 0.2) is 0 Å². The summed E-state index contributed by atoms with van der Waals surface area (Å²) >= 11 is 0. The molecule has 40 heavy (non-hydrogen) atoms. The van der Waals surface area contributed by atoms with Gasteiger partial charge in [0.05, 0.1) is 41.3 Å². The topological polar surface area (TPSA) is 131 Å². The van der Waals surface area contributed by atoms with Gasteiger partial charge in [-0.2, -0.15) is 0 Å². The second-order valence-electron chi connectivity index (χ2n) is 10.2. The zero-order valence-electron chi connectivity index (χ0n) is 22.4. The van der Waals surface area contributed by atoms with Crippen molar-refractivity contribution in [1.82, 2.24) is 14.9 Å². The molecule has 1 aliphatic rings. The molecule has 212 valence electrons. The minimum Gasteiger partial charge on any atom is -0.389 e. The second-order valence-corrected chi connectivity index (χ2v) is 10.2. The number of hydrogen-bond acceptors (Lipinski definition) is 7. The Morgan fingerprint density at radius 2 is 1.82 bits per heavy atom. The molecule has 2 amide bonds. The van der Waals surface area contributed by atoms with Gasteiger partial charge in [-0.3, -0.25) is 14.6 Å². The number of halogens is 3. The van der Waals surface area contributed by atoms with E-state index < -0.39 is 70.4 Å². The van der Waals surface area contributed by atoms with Crippen LogP contribution in [0.5, 0.6) is 0 Å². The van der Waals surface area contributed by atoms with E-state index in [1.54, 1.807) is 6.07 Å². The highest BCUT2D eigenvalue weighted by Crippen LogP contribution is 2.37. The quantitative estimate of drug-likeness (QED) is 0.421. The Bertz CT molecular complexity index is 1440. The number of anilines is 1. The van der Waals surface area contributed by atoms with E-state index in [0.29, 0.717) is 5.56 Å². The van der Waals surface area contributed by atoms with Crippen LogP contribution in [0.15, 0.2) is 42.7 Å². The van der Waals surface area contributed by atoms with Gasteiger partial charge in [-0.25, -0.2) is 18.2 Å². The number of pyridine rings is 2. The fourth-order valence-corrected chi connectivity index (χ4v) is 4.60. The molecular weight excluding hydrogens is 527 g/mol. The van der Waals surface area contributed by atoms with Crippen molar-refractivity contribution in [2.75, 3.05) is 19.4 Å². The van der Waals surface area contributed by atoms with Crippen LogP contribution < -0.4 is 11.1 Å². The summed E-state index contributed by atoms with van der Waals surface area (Å²) in [5.74, 6) is -5.14. The normalized spacial score (nSPS) is 20.9. The Morgan fingerprint density at radius 1 is 1.12 bits per heavy atom. The summed E-state index contributed by atoms with van der Waals surface area (Å²) < 4.78 is 50.9. The molecule has 4 atom stereocenters. The van der Waals surface area contributed by atoms with Gasteiger partial charge in [-0.1, -0.05) is 13.8 Å². The van der Waals surface area contributed by atoms with Crippen LogP contribution >= 0.6 is 0 Å². The summed E-state index contributed by atoms with van der Waals surface area (Å²) in [6.07, 6.45) is 1.21. The molecule has 4 rings (SSSR count). The molecular formula is C28H30F3N5O4. The molecule has 0 radical (unpaired) electrons. The van der Waals surface area contributed by atoms with E-state index in [9.17, 15) is 23.5 Å². The maximum absolute atomic E-state index is 15.3. The van der Waals surface area contributed by atoms with Crippen molar-refractivity contribution < 1.29 is 32.6 Å². The van der Waals surface area contributed by atoms with Crippen LogP contribution in [0.25, 0.3) is 11.3 Å². The maximum atomic E-state index is 15.3. The molecule has 1 aromatic carbocycles. The van der Waals surface area contributed by atoms with Crippen molar-refractivity contribution in [1.29, 1.82) is 0 Å². The fourth-order valence-electron chi connectivity index (χ4n) is 4.60. The number of nitrogens with zero attached hydrogens (tertiary/aromatic N) is 3. The van der Waals surface area contributed by atoms with Crippen LogP contribution in [0.4, 0.5) is 18.9 Å². The first-order valence-corrected chi connectivity index (χ1v) is 12.6. The van der Waals surface area contributed by atoms with Crippen molar-refractivity contribution >= 4 is 17.5 Å². The van der Waals surface area contributed by atoms with Gasteiger partial charge >= 0.3 is 0 Å². The third-order valence-corrected chi connectivity index (χ3v) is 6.73. The molecule has 3 heterocycles. The average Bonchev–Trinajstić information content (AvgIpc) is 2.91. The Balaban J connectivity index is 1.67. The molecule has 3 aromatic rings. The Kier molecular flexibility index (Phi) is 8.52. The van der Waals surface area contributed by atoms with Crippen LogP contribution in [0.1, 0.15) is 52.8 Å². The van der Waals surface area contributed by atoms with Gasteiger partial charge in [0.1, 0.15) is 28.8 Å². The number of nitrogens with one attached hydrogen (secondary N) is 1. The number of carbonyl (C=O) groups is 2. The molecule has 1 saturated heterocycles. The number of aromatic nitrogens is 2. The summed E-state index contributed by atoms with van der Waals surface area (Å²) in [5.41, 5.74) is 4.52. The largest absolute Gasteiger partial charge is 0.389 e. The Labute approximate surface area is 229 Å². The molecule has 1 aliphatic heterocycles. The van der Waals surface area contributed by atoms with E-state index in [0.717, 1.165) is 29.2 Å². The lowest BCUT2D eigenvalue weighted by atomic mass is 9.88. The van der Waals surface area contributed by atoms with Crippen LogP contribution in [0.2, 0.25) is 0 Å². The number of amides is 2. The first-order chi connectivity index (χ1) is 18.9. The molecule has 9 nitrogen and oxygen atoms in total. The van der Waals surface area contributed by atoms with E-state index in [-0.39, 0.29) is 23.7 Å². The number of benzene rings is 1. The highest BCUT2D eigenvalue weighted by molar-refractivity contribution is 6.03. The monoisotopic (exact) mass is 557 g/mol. The van der Waals surface area contributed by atoms with Crippen molar-refractivity contribution in [2.24, 2.45) is 11.7 Å². The summed E-state index contributed by atoms with van der Waals surface area (Å²) in [6, 6.07) is 4.79. The molecule has 0 aliphatic carbocycles. The second kappa shape index (κ2) is 11.7. The molecule has 0 unspecified atom stereocenters. The third kappa shape index (κ3) is 5.69. The minimum atomic E-state index is -1.30. The zero-order valence-corrected chi connectivity index (χ0v) is 22.4. The van der Waals surface area contributed by atoms with Gasteiger partial charge in [-0.05, 0) is 42.7 Å². The molecule has 0 bridgehead atoms. The fraction of sp³-hybridized carbons (Fsp3) is 0.357. The predicted molar refractivity (Wildman–Crippen MR) is 141 cm³/mol. The Hall–Kier alpha value is -3.87. The highest BCUT2D eigenvalue weighted by Gasteiger charge is 2.38. The van der Waals surface area contributed by atoms with Crippen molar-refractivity contribution in [3.63, 3.8) is 0 Å². The molecule has 2 aromatic heterocycles. The maximum Gasteiger partial charge on any atom is 0.274 e. The predicted octanol–water partition coefficient (Wildman–Crippen LogP) is 3.69. The lowest BCUT2D eigenvalue weighted by molar-refractivity contribution is -0.145. The van der Waals surface area contributed by atoms with E-state index in [4.69, 9.17) is 10.5 Å². The zero-order chi connectivity index (χ0) is 29.3.